The van der Waals surface area contributed by atoms with Crippen molar-refractivity contribution in [1.82, 2.24) is 0 Å². The van der Waals surface area contributed by atoms with Crippen LogP contribution in [-0.4, -0.2) is 35.1 Å². The lowest BCUT2D eigenvalue weighted by molar-refractivity contribution is -0.152. The average Bonchev–Trinajstić information content (AvgIpc) is 2.22. The Bertz CT molecular complexity index is 479. The number of aliphatic carboxylic acids is 1. The van der Waals surface area contributed by atoms with Crippen LogP contribution in [0, 0.1) is 0 Å². The summed E-state index contributed by atoms with van der Waals surface area (Å²) in [4.78, 5) is 19.6. The molecule has 0 saturated heterocycles. The molecule has 9 heteroatoms. The third-order valence-corrected chi connectivity index (χ3v) is 4.96. The van der Waals surface area contributed by atoms with Crippen LogP contribution in [0.25, 0.3) is 0 Å². The molecule has 19 heavy (non-hydrogen) atoms. The van der Waals surface area contributed by atoms with Crippen LogP contribution in [0.3, 0.4) is 0 Å². The number of carboxylic acid groups (broad SMARTS) is 1. The molecule has 1 atom stereocenters. The van der Waals surface area contributed by atoms with E-state index in [1.54, 1.807) is 0 Å². The number of sulfone groups is 1. The van der Waals surface area contributed by atoms with Gasteiger partial charge in [0.15, 0.2) is 9.84 Å². The highest BCUT2D eigenvalue weighted by Crippen LogP contribution is 2.27. The Balaban J connectivity index is 0. The van der Waals surface area contributed by atoms with Crippen LogP contribution in [0.4, 0.5) is 4.70 Å². The van der Waals surface area contributed by atoms with Crippen molar-refractivity contribution in [3.8, 4) is 0 Å². The Kier molecular flexibility index (Phi) is 6.38. The fourth-order valence-corrected chi connectivity index (χ4v) is 2.48. The van der Waals surface area contributed by atoms with Crippen molar-refractivity contribution < 1.29 is 32.6 Å². The first kappa shape index (κ1) is 19.9. The highest BCUT2D eigenvalue weighted by atomic mass is 32.2. The average molecular weight is 299 g/mol. The molecule has 0 spiro atoms. The third kappa shape index (κ3) is 3.29. The number of halogens is 1. The second-order valence-corrected chi connectivity index (χ2v) is 7.41. The van der Waals surface area contributed by atoms with E-state index in [9.17, 15) is 18.0 Å². The molecule has 0 radical (unpaired) electrons. The molecule has 0 rings (SSSR count). The minimum Gasteiger partial charge on any atom is -0.479 e. The zero-order valence-corrected chi connectivity index (χ0v) is 11.9. The van der Waals surface area contributed by atoms with E-state index in [0.29, 0.717) is 0 Å². The summed E-state index contributed by atoms with van der Waals surface area (Å²) in [7, 11) is -4.50. The second kappa shape index (κ2) is 6.11. The standard InChI is InChI=1S/C10H17NO6S.FH/c1-5-6-17-8(14)10(11,7(12)13)18(15,16)9(2,3)4;/h5-6H,11H2,1-4H3,(H,12,13);1H. The Morgan fingerprint density at radius 3 is 1.95 bits per heavy atom. The van der Waals surface area contributed by atoms with Crippen molar-refractivity contribution in [2.45, 2.75) is 37.3 Å². The first-order valence-corrected chi connectivity index (χ1v) is 6.50. The van der Waals surface area contributed by atoms with Crippen molar-refractivity contribution in [3.05, 3.63) is 12.3 Å². The molecule has 0 aromatic carbocycles. The predicted octanol–water partition coefficient (Wildman–Crippen LogP) is 0.169. The maximum absolute atomic E-state index is 12.1. The topological polar surface area (TPSA) is 124 Å². The molecule has 0 fully saturated rings. The lowest BCUT2D eigenvalue weighted by Crippen LogP contribution is -2.65. The molecule has 0 saturated carbocycles. The van der Waals surface area contributed by atoms with E-state index in [1.165, 1.54) is 33.8 Å². The molecule has 0 aromatic heterocycles. The van der Waals surface area contributed by atoms with Gasteiger partial charge in [0.1, 0.15) is 0 Å². The van der Waals surface area contributed by atoms with Gasteiger partial charge in [-0.2, -0.15) is 0 Å². The number of esters is 1. The second-order valence-electron chi connectivity index (χ2n) is 4.53. The first-order valence-electron chi connectivity index (χ1n) is 5.01. The first-order chi connectivity index (χ1) is 7.92. The van der Waals surface area contributed by atoms with Crippen LogP contribution < -0.4 is 5.73 Å². The van der Waals surface area contributed by atoms with Crippen molar-refractivity contribution in [2.24, 2.45) is 5.73 Å². The van der Waals surface area contributed by atoms with Gasteiger partial charge in [0, 0.05) is 0 Å². The van der Waals surface area contributed by atoms with Gasteiger partial charge in [-0.05, 0) is 27.7 Å². The van der Waals surface area contributed by atoms with Gasteiger partial charge in [0.05, 0.1) is 11.0 Å². The fraction of sp³-hybridized carbons (Fsp3) is 0.600. The van der Waals surface area contributed by atoms with Crippen LogP contribution >= 0.6 is 0 Å². The van der Waals surface area contributed by atoms with Gasteiger partial charge in [0.25, 0.3) is 0 Å². The van der Waals surface area contributed by atoms with Gasteiger partial charge >= 0.3 is 16.8 Å². The summed E-state index contributed by atoms with van der Waals surface area (Å²) in [6.45, 7) is 5.24. The Morgan fingerprint density at radius 1 is 1.26 bits per heavy atom. The van der Waals surface area contributed by atoms with Gasteiger partial charge in [0.2, 0.25) is 0 Å². The number of carboxylic acids is 1. The monoisotopic (exact) mass is 299 g/mol. The van der Waals surface area contributed by atoms with E-state index in [-0.39, 0.29) is 4.70 Å². The number of ether oxygens (including phenoxy) is 1. The zero-order valence-electron chi connectivity index (χ0n) is 11.0. The lowest BCUT2D eigenvalue weighted by atomic mass is 10.2. The summed E-state index contributed by atoms with van der Waals surface area (Å²) < 4.78 is 27.1. The molecule has 0 bridgehead atoms. The normalized spacial score (nSPS) is 15.4. The minimum absolute atomic E-state index is 0. The number of carbonyl (C=O) groups is 2. The molecule has 0 aliphatic carbocycles. The molecule has 0 aliphatic heterocycles. The van der Waals surface area contributed by atoms with E-state index in [4.69, 9.17) is 10.8 Å². The van der Waals surface area contributed by atoms with E-state index in [2.05, 4.69) is 4.74 Å². The van der Waals surface area contributed by atoms with E-state index in [0.717, 1.165) is 6.26 Å². The maximum Gasteiger partial charge on any atom is 0.358 e. The number of carbonyl (C=O) groups excluding carboxylic acids is 1. The number of hydrogen-bond acceptors (Lipinski definition) is 6. The molecule has 0 heterocycles. The molecule has 3 N–H and O–H groups in total. The molecular weight excluding hydrogens is 281 g/mol. The highest BCUT2D eigenvalue weighted by molar-refractivity contribution is 7.95. The summed E-state index contributed by atoms with van der Waals surface area (Å²) >= 11 is 0. The third-order valence-electron chi connectivity index (χ3n) is 2.16. The van der Waals surface area contributed by atoms with Crippen molar-refractivity contribution in [1.29, 1.82) is 0 Å². The zero-order chi connectivity index (χ0) is 14.8. The predicted molar refractivity (Wildman–Crippen MR) is 66.6 cm³/mol. The summed E-state index contributed by atoms with van der Waals surface area (Å²) in [5.41, 5.74) is 5.29. The number of allylic oxidation sites excluding steroid dienone is 1. The molecule has 0 aromatic rings. The van der Waals surface area contributed by atoms with Crippen LogP contribution in [0.15, 0.2) is 12.3 Å². The summed E-state index contributed by atoms with van der Waals surface area (Å²) in [5.74, 6) is -3.53. The maximum atomic E-state index is 12.1. The van der Waals surface area contributed by atoms with E-state index >= 15 is 0 Å². The van der Waals surface area contributed by atoms with Crippen molar-refractivity contribution in [2.75, 3.05) is 0 Å². The van der Waals surface area contributed by atoms with Gasteiger partial charge in [-0.1, -0.05) is 6.08 Å². The molecule has 1 unspecified atom stereocenters. The SMILES string of the molecule is CC=COC(=O)C(N)(C(=O)O)S(=O)(=O)C(C)(C)C.F. The van der Waals surface area contributed by atoms with E-state index in [1.807, 2.05) is 0 Å². The number of hydrogen-bond donors (Lipinski definition) is 2. The van der Waals surface area contributed by atoms with Gasteiger partial charge in [-0.15, -0.1) is 0 Å². The summed E-state index contributed by atoms with van der Waals surface area (Å²) in [5, 5.41) is 8.97. The largest absolute Gasteiger partial charge is 0.479 e. The number of nitrogens with two attached hydrogens (primary N) is 1. The lowest BCUT2D eigenvalue weighted by Gasteiger charge is -2.29. The summed E-state index contributed by atoms with van der Waals surface area (Å²) in [6, 6.07) is 0. The van der Waals surface area contributed by atoms with Crippen LogP contribution in [0.1, 0.15) is 27.7 Å². The summed E-state index contributed by atoms with van der Waals surface area (Å²) in [6.07, 6.45) is 2.16. The Labute approximate surface area is 110 Å². The van der Waals surface area contributed by atoms with Crippen molar-refractivity contribution in [3.63, 3.8) is 0 Å². The van der Waals surface area contributed by atoms with Gasteiger partial charge in [-0.25, -0.2) is 18.0 Å². The van der Waals surface area contributed by atoms with Crippen LogP contribution in [0.5, 0.6) is 0 Å². The van der Waals surface area contributed by atoms with Gasteiger partial charge < -0.3 is 9.84 Å². The van der Waals surface area contributed by atoms with Crippen molar-refractivity contribution >= 4 is 21.8 Å². The Hall–Kier alpha value is -1.48. The molecule has 7 nitrogen and oxygen atoms in total. The van der Waals surface area contributed by atoms with Crippen LogP contribution in [0.2, 0.25) is 0 Å². The number of rotatable bonds is 4. The van der Waals surface area contributed by atoms with Crippen LogP contribution in [-0.2, 0) is 24.2 Å². The van der Waals surface area contributed by atoms with Gasteiger partial charge in [-0.3, -0.25) is 10.4 Å². The molecule has 112 valence electrons. The smallest absolute Gasteiger partial charge is 0.358 e. The Morgan fingerprint density at radius 2 is 1.68 bits per heavy atom. The highest BCUT2D eigenvalue weighted by Gasteiger charge is 2.60. The fourth-order valence-electron chi connectivity index (χ4n) is 1.01. The molecule has 0 aliphatic rings. The molecular formula is C10H18FNO6S. The molecule has 0 amide bonds. The quantitative estimate of drug-likeness (QED) is 0.430. The minimum atomic E-state index is -4.50. The van der Waals surface area contributed by atoms with E-state index < -0.39 is 31.4 Å².